The highest BCUT2D eigenvalue weighted by atomic mass is 35.5. The molecule has 0 saturated heterocycles. The number of nitrogens with one attached hydrogen (secondary N) is 2. The van der Waals surface area contributed by atoms with Gasteiger partial charge in [-0.3, -0.25) is 13.9 Å². The summed E-state index contributed by atoms with van der Waals surface area (Å²) in [5, 5.41) is 5.91. The molecule has 7 nitrogen and oxygen atoms in total. The molecule has 33 heavy (non-hydrogen) atoms. The van der Waals surface area contributed by atoms with Crippen LogP contribution in [0.3, 0.4) is 0 Å². The van der Waals surface area contributed by atoms with Gasteiger partial charge in [-0.25, -0.2) is 8.42 Å². The van der Waals surface area contributed by atoms with Crippen molar-refractivity contribution in [3.63, 3.8) is 0 Å². The molecule has 0 bridgehead atoms. The van der Waals surface area contributed by atoms with Crippen LogP contribution in [0.25, 0.3) is 0 Å². The van der Waals surface area contributed by atoms with Gasteiger partial charge in [-0.1, -0.05) is 60.1 Å². The Morgan fingerprint density at radius 1 is 0.970 bits per heavy atom. The molecule has 1 atom stereocenters. The van der Waals surface area contributed by atoms with Crippen LogP contribution in [0.4, 0.5) is 11.4 Å². The molecule has 9 heteroatoms. The molecule has 0 aliphatic rings. The molecular formula is C24H24ClN3O4S. The molecule has 2 amide bonds. The van der Waals surface area contributed by atoms with Gasteiger partial charge in [0.1, 0.15) is 6.54 Å². The Kier molecular flexibility index (Phi) is 7.73. The second kappa shape index (κ2) is 10.5. The summed E-state index contributed by atoms with van der Waals surface area (Å²) >= 11 is 5.98. The van der Waals surface area contributed by atoms with E-state index in [9.17, 15) is 18.0 Å². The Balaban J connectivity index is 1.77. The number of amides is 2. The molecule has 3 rings (SSSR count). The quantitative estimate of drug-likeness (QED) is 0.499. The van der Waals surface area contributed by atoms with Gasteiger partial charge in [0.2, 0.25) is 15.9 Å². The summed E-state index contributed by atoms with van der Waals surface area (Å²) in [6.07, 6.45) is 1.01. The number of hydrogen-bond acceptors (Lipinski definition) is 4. The van der Waals surface area contributed by atoms with Crippen molar-refractivity contribution in [1.29, 1.82) is 0 Å². The number of carbonyl (C=O) groups is 2. The van der Waals surface area contributed by atoms with Crippen LogP contribution in [0.15, 0.2) is 78.9 Å². The second-order valence-electron chi connectivity index (χ2n) is 7.45. The highest BCUT2D eigenvalue weighted by Crippen LogP contribution is 2.22. The number of anilines is 2. The summed E-state index contributed by atoms with van der Waals surface area (Å²) in [5.74, 6) is -0.964. The number of halogens is 1. The summed E-state index contributed by atoms with van der Waals surface area (Å²) < 4.78 is 25.6. The number of nitrogens with zero attached hydrogens (tertiary/aromatic N) is 1. The fourth-order valence-electron chi connectivity index (χ4n) is 3.24. The van der Waals surface area contributed by atoms with Gasteiger partial charge in [-0.05, 0) is 42.8 Å². The van der Waals surface area contributed by atoms with Crippen molar-refractivity contribution in [1.82, 2.24) is 5.32 Å². The van der Waals surface area contributed by atoms with E-state index in [1.807, 2.05) is 37.3 Å². The van der Waals surface area contributed by atoms with Crippen molar-refractivity contribution < 1.29 is 18.0 Å². The Labute approximate surface area is 198 Å². The predicted octanol–water partition coefficient (Wildman–Crippen LogP) is 4.24. The SMILES string of the molecule is C[C@@H](NC(=O)c1ccccc1NC(=O)CN(c1cccc(Cl)c1)S(C)(=O)=O)c1ccccc1. The lowest BCUT2D eigenvalue weighted by atomic mass is 10.1. The van der Waals surface area contributed by atoms with Gasteiger partial charge >= 0.3 is 0 Å². The average Bonchev–Trinajstić information content (AvgIpc) is 2.77. The van der Waals surface area contributed by atoms with Crippen molar-refractivity contribution in [2.24, 2.45) is 0 Å². The van der Waals surface area contributed by atoms with E-state index in [-0.39, 0.29) is 28.9 Å². The van der Waals surface area contributed by atoms with Crippen LogP contribution >= 0.6 is 11.6 Å². The van der Waals surface area contributed by atoms with E-state index >= 15 is 0 Å². The van der Waals surface area contributed by atoms with Gasteiger partial charge in [-0.2, -0.15) is 0 Å². The van der Waals surface area contributed by atoms with Crippen LogP contribution in [0.5, 0.6) is 0 Å². The van der Waals surface area contributed by atoms with E-state index in [2.05, 4.69) is 10.6 Å². The number of para-hydroxylation sites is 1. The Morgan fingerprint density at radius 3 is 2.30 bits per heavy atom. The number of rotatable bonds is 8. The van der Waals surface area contributed by atoms with Crippen LogP contribution in [0.2, 0.25) is 5.02 Å². The number of hydrogen-bond donors (Lipinski definition) is 2. The van der Waals surface area contributed by atoms with E-state index in [0.717, 1.165) is 16.1 Å². The van der Waals surface area contributed by atoms with Crippen molar-refractivity contribution in [3.8, 4) is 0 Å². The maximum absolute atomic E-state index is 12.9. The zero-order chi connectivity index (χ0) is 24.0. The molecule has 0 aliphatic carbocycles. The number of carbonyl (C=O) groups excluding carboxylic acids is 2. The number of benzene rings is 3. The molecule has 2 N–H and O–H groups in total. The monoisotopic (exact) mass is 485 g/mol. The Hall–Kier alpha value is -3.36. The maximum atomic E-state index is 12.9. The van der Waals surface area contributed by atoms with E-state index in [4.69, 9.17) is 11.6 Å². The second-order valence-corrected chi connectivity index (χ2v) is 9.79. The molecule has 0 spiro atoms. The first-order valence-corrected chi connectivity index (χ1v) is 12.4. The van der Waals surface area contributed by atoms with Crippen LogP contribution in [-0.2, 0) is 14.8 Å². The molecule has 0 unspecified atom stereocenters. The zero-order valence-electron chi connectivity index (χ0n) is 18.2. The van der Waals surface area contributed by atoms with Gasteiger partial charge in [0.25, 0.3) is 5.91 Å². The van der Waals surface area contributed by atoms with Crippen molar-refractivity contribution in [3.05, 3.63) is 95.0 Å². The summed E-state index contributed by atoms with van der Waals surface area (Å²) in [7, 11) is -3.76. The Morgan fingerprint density at radius 2 is 1.64 bits per heavy atom. The smallest absolute Gasteiger partial charge is 0.253 e. The summed E-state index contributed by atoms with van der Waals surface area (Å²) in [4.78, 5) is 25.7. The molecule has 3 aromatic rings. The van der Waals surface area contributed by atoms with Crippen LogP contribution in [0.1, 0.15) is 28.9 Å². The van der Waals surface area contributed by atoms with E-state index in [1.54, 1.807) is 42.5 Å². The standard InChI is InChI=1S/C24H24ClN3O4S/c1-17(18-9-4-3-5-10-18)26-24(30)21-13-6-7-14-22(21)27-23(29)16-28(33(2,31)32)20-12-8-11-19(25)15-20/h3-15,17H,16H2,1-2H3,(H,26,30)(H,27,29)/t17-/m1/s1. The lowest BCUT2D eigenvalue weighted by Crippen LogP contribution is -2.37. The third kappa shape index (κ3) is 6.57. The maximum Gasteiger partial charge on any atom is 0.253 e. The van der Waals surface area contributed by atoms with Crippen LogP contribution < -0.4 is 14.9 Å². The van der Waals surface area contributed by atoms with Crippen LogP contribution in [-0.4, -0.2) is 33.0 Å². The normalized spacial score (nSPS) is 12.0. The zero-order valence-corrected chi connectivity index (χ0v) is 19.7. The molecule has 172 valence electrons. The molecule has 0 aromatic heterocycles. The topological polar surface area (TPSA) is 95.6 Å². The first-order valence-electron chi connectivity index (χ1n) is 10.1. The van der Waals surface area contributed by atoms with Gasteiger partial charge in [0.05, 0.1) is 29.2 Å². The summed E-state index contributed by atoms with van der Waals surface area (Å²) in [5.41, 5.74) is 1.75. The van der Waals surface area contributed by atoms with E-state index < -0.39 is 22.5 Å². The van der Waals surface area contributed by atoms with Gasteiger partial charge in [-0.15, -0.1) is 0 Å². The third-order valence-electron chi connectivity index (χ3n) is 4.88. The Bertz CT molecular complexity index is 1250. The van der Waals surface area contributed by atoms with Gasteiger partial charge in [0.15, 0.2) is 0 Å². The first-order chi connectivity index (χ1) is 15.6. The minimum Gasteiger partial charge on any atom is -0.345 e. The summed E-state index contributed by atoms with van der Waals surface area (Å²) in [6, 6.07) is 22.0. The van der Waals surface area contributed by atoms with Crippen molar-refractivity contribution in [2.75, 3.05) is 22.4 Å². The molecule has 0 aliphatic heterocycles. The minimum atomic E-state index is -3.76. The highest BCUT2D eigenvalue weighted by Gasteiger charge is 2.22. The molecule has 0 radical (unpaired) electrons. The molecule has 0 saturated carbocycles. The van der Waals surface area contributed by atoms with Gasteiger partial charge in [0, 0.05) is 5.02 Å². The lowest BCUT2D eigenvalue weighted by Gasteiger charge is -2.22. The summed E-state index contributed by atoms with van der Waals surface area (Å²) in [6.45, 7) is 1.39. The van der Waals surface area contributed by atoms with E-state index in [1.165, 1.54) is 6.07 Å². The third-order valence-corrected chi connectivity index (χ3v) is 6.25. The molecule has 0 heterocycles. The fraction of sp³-hybridized carbons (Fsp3) is 0.167. The van der Waals surface area contributed by atoms with E-state index in [0.29, 0.717) is 5.02 Å². The average molecular weight is 486 g/mol. The fourth-order valence-corrected chi connectivity index (χ4v) is 4.27. The predicted molar refractivity (Wildman–Crippen MR) is 131 cm³/mol. The highest BCUT2D eigenvalue weighted by molar-refractivity contribution is 7.92. The lowest BCUT2D eigenvalue weighted by molar-refractivity contribution is -0.114. The number of sulfonamides is 1. The molecule has 3 aromatic carbocycles. The molecule has 0 fully saturated rings. The van der Waals surface area contributed by atoms with Crippen molar-refractivity contribution in [2.45, 2.75) is 13.0 Å². The van der Waals surface area contributed by atoms with Gasteiger partial charge < -0.3 is 10.6 Å². The van der Waals surface area contributed by atoms with Crippen LogP contribution in [0, 0.1) is 0 Å². The largest absolute Gasteiger partial charge is 0.345 e. The minimum absolute atomic E-state index is 0.244. The first kappa shape index (κ1) is 24.3. The molecular weight excluding hydrogens is 462 g/mol. The van der Waals surface area contributed by atoms with Crippen molar-refractivity contribution >= 4 is 44.8 Å².